The standard InChI is InChI=1S/C17H21N3O3/c1-11-4-3-9-20(10-11)14(21)12-5-7-13(8-6-12)17(2)15(22)18-16(23)19-17/h5-8,11H,3-4,9-10H2,1-2H3,(H2,18,19,22,23)/t11-,17-/m1/s1. The number of nitrogens with zero attached hydrogens (tertiary/aromatic N) is 1. The number of likely N-dealkylation sites (tertiary alicyclic amines) is 1. The summed E-state index contributed by atoms with van der Waals surface area (Å²) in [7, 11) is 0. The zero-order chi connectivity index (χ0) is 16.6. The van der Waals surface area contributed by atoms with Crippen LogP contribution in [0.15, 0.2) is 24.3 Å². The van der Waals surface area contributed by atoms with E-state index in [9.17, 15) is 14.4 Å². The molecule has 0 aliphatic carbocycles. The van der Waals surface area contributed by atoms with Crippen LogP contribution in [-0.4, -0.2) is 35.8 Å². The normalized spacial score (nSPS) is 27.6. The summed E-state index contributed by atoms with van der Waals surface area (Å²) in [4.78, 5) is 37.7. The van der Waals surface area contributed by atoms with Gasteiger partial charge in [0.2, 0.25) is 0 Å². The molecule has 2 aliphatic rings. The summed E-state index contributed by atoms with van der Waals surface area (Å²) in [5, 5.41) is 4.85. The topological polar surface area (TPSA) is 78.5 Å². The Morgan fingerprint density at radius 3 is 2.52 bits per heavy atom. The molecule has 2 atom stereocenters. The van der Waals surface area contributed by atoms with E-state index in [1.54, 1.807) is 31.2 Å². The first-order chi connectivity index (χ1) is 10.9. The number of amides is 4. The van der Waals surface area contributed by atoms with Gasteiger partial charge in [0.05, 0.1) is 0 Å². The van der Waals surface area contributed by atoms with Gasteiger partial charge in [0.1, 0.15) is 5.54 Å². The van der Waals surface area contributed by atoms with Gasteiger partial charge in [-0.25, -0.2) is 4.79 Å². The van der Waals surface area contributed by atoms with Crippen LogP contribution in [0, 0.1) is 5.92 Å². The lowest BCUT2D eigenvalue weighted by atomic mass is 9.91. The van der Waals surface area contributed by atoms with Crippen molar-refractivity contribution in [3.05, 3.63) is 35.4 Å². The van der Waals surface area contributed by atoms with Gasteiger partial charge in [-0.3, -0.25) is 14.9 Å². The number of carbonyl (C=O) groups is 3. The highest BCUT2D eigenvalue weighted by atomic mass is 16.2. The smallest absolute Gasteiger partial charge is 0.322 e. The summed E-state index contributed by atoms with van der Waals surface area (Å²) in [6.07, 6.45) is 2.20. The van der Waals surface area contributed by atoms with Crippen LogP contribution >= 0.6 is 0 Å². The van der Waals surface area contributed by atoms with E-state index >= 15 is 0 Å². The van der Waals surface area contributed by atoms with Crippen molar-refractivity contribution in [3.8, 4) is 0 Å². The van der Waals surface area contributed by atoms with Crippen LogP contribution in [0.3, 0.4) is 0 Å². The van der Waals surface area contributed by atoms with E-state index < -0.39 is 11.6 Å². The molecule has 2 fully saturated rings. The van der Waals surface area contributed by atoms with Crippen molar-refractivity contribution >= 4 is 17.8 Å². The Morgan fingerprint density at radius 1 is 1.26 bits per heavy atom. The lowest BCUT2D eigenvalue weighted by Gasteiger charge is -2.31. The van der Waals surface area contributed by atoms with Gasteiger partial charge in [0, 0.05) is 18.7 Å². The third-order valence-corrected chi connectivity index (χ3v) is 4.70. The maximum absolute atomic E-state index is 12.6. The molecule has 6 heteroatoms. The Bertz CT molecular complexity index is 656. The van der Waals surface area contributed by atoms with Gasteiger partial charge in [-0.05, 0) is 43.4 Å². The molecule has 0 radical (unpaired) electrons. The molecule has 3 rings (SSSR count). The van der Waals surface area contributed by atoms with E-state index in [4.69, 9.17) is 0 Å². The highest BCUT2D eigenvalue weighted by Gasteiger charge is 2.43. The number of carbonyl (C=O) groups excluding carboxylic acids is 3. The number of piperidine rings is 1. The Labute approximate surface area is 135 Å². The second-order valence-electron chi connectivity index (χ2n) is 6.61. The number of imide groups is 1. The van der Waals surface area contributed by atoms with Crippen molar-refractivity contribution in [3.63, 3.8) is 0 Å². The van der Waals surface area contributed by atoms with Crippen molar-refractivity contribution in [2.75, 3.05) is 13.1 Å². The second kappa shape index (κ2) is 5.68. The molecular weight excluding hydrogens is 294 g/mol. The van der Waals surface area contributed by atoms with Crippen molar-refractivity contribution in [2.24, 2.45) is 5.92 Å². The Morgan fingerprint density at radius 2 is 1.96 bits per heavy atom. The van der Waals surface area contributed by atoms with Gasteiger partial charge < -0.3 is 10.2 Å². The fraction of sp³-hybridized carbons (Fsp3) is 0.471. The van der Waals surface area contributed by atoms with Gasteiger partial charge in [-0.2, -0.15) is 0 Å². The van der Waals surface area contributed by atoms with Crippen molar-refractivity contribution < 1.29 is 14.4 Å². The zero-order valence-electron chi connectivity index (χ0n) is 13.4. The minimum atomic E-state index is -1.09. The molecule has 0 spiro atoms. The number of benzene rings is 1. The number of nitrogens with one attached hydrogen (secondary N) is 2. The van der Waals surface area contributed by atoms with Crippen LogP contribution in [0.4, 0.5) is 4.79 Å². The number of urea groups is 1. The molecule has 23 heavy (non-hydrogen) atoms. The Balaban J connectivity index is 1.78. The van der Waals surface area contributed by atoms with E-state index in [-0.39, 0.29) is 11.8 Å². The Kier molecular flexibility index (Phi) is 3.83. The van der Waals surface area contributed by atoms with E-state index in [0.717, 1.165) is 25.9 Å². The second-order valence-corrected chi connectivity index (χ2v) is 6.61. The summed E-state index contributed by atoms with van der Waals surface area (Å²) in [5.41, 5.74) is 0.179. The van der Waals surface area contributed by atoms with Crippen LogP contribution in [-0.2, 0) is 10.3 Å². The average Bonchev–Trinajstić information content (AvgIpc) is 2.80. The van der Waals surface area contributed by atoms with Gasteiger partial charge in [0.25, 0.3) is 11.8 Å². The summed E-state index contributed by atoms with van der Waals surface area (Å²) in [5.74, 6) is 0.169. The first-order valence-electron chi connectivity index (χ1n) is 7.93. The monoisotopic (exact) mass is 315 g/mol. The van der Waals surface area contributed by atoms with Gasteiger partial charge in [0.15, 0.2) is 0 Å². The van der Waals surface area contributed by atoms with E-state index in [1.807, 2.05) is 4.90 Å². The molecule has 0 bridgehead atoms. The number of hydrogen-bond acceptors (Lipinski definition) is 3. The minimum Gasteiger partial charge on any atom is -0.338 e. The molecule has 6 nitrogen and oxygen atoms in total. The maximum atomic E-state index is 12.6. The van der Waals surface area contributed by atoms with Crippen LogP contribution in [0.2, 0.25) is 0 Å². The average molecular weight is 315 g/mol. The van der Waals surface area contributed by atoms with Gasteiger partial charge in [-0.15, -0.1) is 0 Å². The molecule has 4 amide bonds. The quantitative estimate of drug-likeness (QED) is 0.814. The summed E-state index contributed by atoms with van der Waals surface area (Å²) in [6.45, 7) is 5.39. The third kappa shape index (κ3) is 2.81. The largest absolute Gasteiger partial charge is 0.338 e. The SMILES string of the molecule is C[C@@H]1CCCN(C(=O)c2ccc([C@@]3(C)NC(=O)NC3=O)cc2)C1. The number of rotatable bonds is 2. The predicted octanol–water partition coefficient (Wildman–Crippen LogP) is 1.61. The van der Waals surface area contributed by atoms with E-state index in [2.05, 4.69) is 17.6 Å². The fourth-order valence-corrected chi connectivity index (χ4v) is 3.25. The fourth-order valence-electron chi connectivity index (χ4n) is 3.25. The summed E-state index contributed by atoms with van der Waals surface area (Å²) in [6, 6.07) is 6.40. The first kappa shape index (κ1) is 15.5. The van der Waals surface area contributed by atoms with Crippen LogP contribution in [0.5, 0.6) is 0 Å². The number of hydrogen-bond donors (Lipinski definition) is 2. The third-order valence-electron chi connectivity index (χ3n) is 4.70. The van der Waals surface area contributed by atoms with Crippen LogP contribution in [0.25, 0.3) is 0 Å². The van der Waals surface area contributed by atoms with Crippen LogP contribution < -0.4 is 10.6 Å². The zero-order valence-corrected chi connectivity index (χ0v) is 13.4. The maximum Gasteiger partial charge on any atom is 0.322 e. The van der Waals surface area contributed by atoms with Crippen LogP contribution in [0.1, 0.15) is 42.6 Å². The molecule has 2 saturated heterocycles. The van der Waals surface area contributed by atoms with Gasteiger partial charge >= 0.3 is 6.03 Å². The summed E-state index contributed by atoms with van der Waals surface area (Å²) >= 11 is 0. The van der Waals surface area contributed by atoms with Crippen molar-refractivity contribution in [2.45, 2.75) is 32.2 Å². The summed E-state index contributed by atoms with van der Waals surface area (Å²) < 4.78 is 0. The lowest BCUT2D eigenvalue weighted by molar-refractivity contribution is -0.123. The molecular formula is C17H21N3O3. The Hall–Kier alpha value is -2.37. The highest BCUT2D eigenvalue weighted by molar-refractivity contribution is 6.07. The van der Waals surface area contributed by atoms with E-state index in [0.29, 0.717) is 17.0 Å². The molecule has 2 heterocycles. The van der Waals surface area contributed by atoms with E-state index in [1.165, 1.54) is 0 Å². The molecule has 1 aromatic rings. The molecule has 0 aromatic heterocycles. The van der Waals surface area contributed by atoms with Crippen molar-refractivity contribution in [1.29, 1.82) is 0 Å². The van der Waals surface area contributed by atoms with Gasteiger partial charge in [-0.1, -0.05) is 19.1 Å². The molecule has 0 saturated carbocycles. The molecule has 122 valence electrons. The predicted molar refractivity (Wildman–Crippen MR) is 84.8 cm³/mol. The molecule has 2 aliphatic heterocycles. The van der Waals surface area contributed by atoms with Crippen molar-refractivity contribution in [1.82, 2.24) is 15.5 Å². The molecule has 0 unspecified atom stereocenters. The lowest BCUT2D eigenvalue weighted by Crippen LogP contribution is -2.41. The molecule has 1 aromatic carbocycles. The molecule has 2 N–H and O–H groups in total. The minimum absolute atomic E-state index is 0.0214. The highest BCUT2D eigenvalue weighted by Crippen LogP contribution is 2.25. The first-order valence-corrected chi connectivity index (χ1v) is 7.93.